The quantitative estimate of drug-likeness (QED) is 0.655. The number of hydrogen-bond acceptors (Lipinski definition) is 4. The fourth-order valence-corrected chi connectivity index (χ4v) is 2.85. The minimum atomic E-state index is 0.194. The number of piperazine rings is 1. The lowest BCUT2D eigenvalue weighted by Gasteiger charge is -2.37. The molecule has 0 aromatic heterocycles. The van der Waals surface area contributed by atoms with Crippen LogP contribution < -0.4 is 4.90 Å². The van der Waals surface area contributed by atoms with Gasteiger partial charge in [0.05, 0.1) is 12.7 Å². The molecule has 0 bridgehead atoms. The molecule has 124 valence electrons. The van der Waals surface area contributed by atoms with E-state index in [1.807, 2.05) is 0 Å². The summed E-state index contributed by atoms with van der Waals surface area (Å²) in [7, 11) is 1.75. The Morgan fingerprint density at radius 2 is 1.82 bits per heavy atom. The molecule has 1 atom stereocenters. The highest BCUT2D eigenvalue weighted by Crippen LogP contribution is 2.15. The average Bonchev–Trinajstić information content (AvgIpc) is 2.57. The lowest BCUT2D eigenvalue weighted by Crippen LogP contribution is -2.49. The molecule has 0 spiro atoms. The summed E-state index contributed by atoms with van der Waals surface area (Å²) in [5.41, 5.74) is 1.33. The molecule has 4 heteroatoms. The van der Waals surface area contributed by atoms with Gasteiger partial charge in [0.1, 0.15) is 0 Å². The third-order valence-electron chi connectivity index (χ3n) is 4.16. The normalized spacial score (nSPS) is 17.6. The molecule has 0 N–H and O–H groups in total. The molecule has 0 radical (unpaired) electrons. The molecule has 1 aromatic carbocycles. The fourth-order valence-electron chi connectivity index (χ4n) is 2.85. The number of rotatable bonds is 9. The van der Waals surface area contributed by atoms with E-state index in [0.29, 0.717) is 6.61 Å². The van der Waals surface area contributed by atoms with Crippen LogP contribution in [0.4, 0.5) is 5.69 Å². The molecular formula is C18H30N2O2. The Morgan fingerprint density at radius 1 is 1.09 bits per heavy atom. The van der Waals surface area contributed by atoms with Crippen LogP contribution in [-0.4, -0.2) is 64.1 Å². The summed E-state index contributed by atoms with van der Waals surface area (Å²) in [5, 5.41) is 0. The highest BCUT2D eigenvalue weighted by Gasteiger charge is 2.20. The van der Waals surface area contributed by atoms with Crippen LogP contribution in [0, 0.1) is 0 Å². The Balaban J connectivity index is 1.75. The summed E-state index contributed by atoms with van der Waals surface area (Å²) in [6.45, 7) is 9.03. The maximum Gasteiger partial charge on any atom is 0.0934 e. The Hall–Kier alpha value is -1.10. The second-order valence-electron chi connectivity index (χ2n) is 5.92. The number of unbranched alkanes of at least 4 members (excludes halogenated alkanes) is 1. The van der Waals surface area contributed by atoms with Gasteiger partial charge in [0.2, 0.25) is 0 Å². The maximum atomic E-state index is 5.96. The van der Waals surface area contributed by atoms with E-state index in [0.717, 1.165) is 45.8 Å². The zero-order valence-electron chi connectivity index (χ0n) is 14.0. The van der Waals surface area contributed by atoms with Gasteiger partial charge in [0.15, 0.2) is 0 Å². The smallest absolute Gasteiger partial charge is 0.0934 e. The van der Waals surface area contributed by atoms with Crippen molar-refractivity contribution in [3.05, 3.63) is 30.3 Å². The molecule has 1 fully saturated rings. The van der Waals surface area contributed by atoms with E-state index in [1.165, 1.54) is 12.1 Å². The van der Waals surface area contributed by atoms with Gasteiger partial charge >= 0.3 is 0 Å². The number of hydrogen-bond donors (Lipinski definition) is 0. The predicted molar refractivity (Wildman–Crippen MR) is 91.6 cm³/mol. The standard InChI is InChI=1S/C18H30N2O2/c1-3-4-14-22-18(16-21-2)15-19-10-12-20(13-11-19)17-8-6-5-7-9-17/h5-9,18H,3-4,10-16H2,1-2H3/t18-/m1/s1. The molecule has 0 unspecified atom stereocenters. The fraction of sp³-hybridized carbons (Fsp3) is 0.667. The van der Waals surface area contributed by atoms with Crippen molar-refractivity contribution in [3.8, 4) is 0 Å². The van der Waals surface area contributed by atoms with Gasteiger partial charge in [-0.15, -0.1) is 0 Å². The van der Waals surface area contributed by atoms with E-state index >= 15 is 0 Å². The van der Waals surface area contributed by atoms with Crippen molar-refractivity contribution in [1.29, 1.82) is 0 Å². The molecule has 1 aliphatic rings. The van der Waals surface area contributed by atoms with Gasteiger partial charge in [-0.25, -0.2) is 0 Å². The van der Waals surface area contributed by atoms with Crippen LogP contribution in [0.15, 0.2) is 30.3 Å². The Morgan fingerprint density at radius 3 is 2.45 bits per heavy atom. The topological polar surface area (TPSA) is 24.9 Å². The van der Waals surface area contributed by atoms with Gasteiger partial charge in [-0.2, -0.15) is 0 Å². The highest BCUT2D eigenvalue weighted by atomic mass is 16.5. The molecule has 0 amide bonds. The van der Waals surface area contributed by atoms with Crippen molar-refractivity contribution in [2.24, 2.45) is 0 Å². The molecule has 1 aliphatic heterocycles. The highest BCUT2D eigenvalue weighted by molar-refractivity contribution is 5.46. The molecule has 0 aliphatic carbocycles. The lowest BCUT2D eigenvalue weighted by molar-refractivity contribution is -0.0220. The minimum Gasteiger partial charge on any atom is -0.382 e. The van der Waals surface area contributed by atoms with Gasteiger partial charge in [0.25, 0.3) is 0 Å². The molecule has 4 nitrogen and oxygen atoms in total. The molecule has 1 saturated heterocycles. The summed E-state index contributed by atoms with van der Waals surface area (Å²) >= 11 is 0. The van der Waals surface area contributed by atoms with Crippen LogP contribution in [0.3, 0.4) is 0 Å². The van der Waals surface area contributed by atoms with Gasteiger partial charge in [-0.05, 0) is 18.6 Å². The largest absolute Gasteiger partial charge is 0.382 e. The molecule has 2 rings (SSSR count). The third kappa shape index (κ3) is 5.59. The molecular weight excluding hydrogens is 276 g/mol. The molecule has 22 heavy (non-hydrogen) atoms. The summed E-state index contributed by atoms with van der Waals surface area (Å²) < 4.78 is 11.3. The monoisotopic (exact) mass is 306 g/mol. The van der Waals surface area contributed by atoms with Crippen LogP contribution >= 0.6 is 0 Å². The number of nitrogens with zero attached hydrogens (tertiary/aromatic N) is 2. The zero-order chi connectivity index (χ0) is 15.6. The first-order valence-electron chi connectivity index (χ1n) is 8.46. The van der Waals surface area contributed by atoms with Crippen molar-refractivity contribution in [2.45, 2.75) is 25.9 Å². The maximum absolute atomic E-state index is 5.96. The van der Waals surface area contributed by atoms with Crippen molar-refractivity contribution in [3.63, 3.8) is 0 Å². The summed E-state index contributed by atoms with van der Waals surface area (Å²) in [4.78, 5) is 4.95. The second kappa shape index (κ2) is 9.82. The summed E-state index contributed by atoms with van der Waals surface area (Å²) in [6.07, 6.45) is 2.50. The summed E-state index contributed by atoms with van der Waals surface area (Å²) in [6, 6.07) is 10.7. The van der Waals surface area contributed by atoms with Crippen molar-refractivity contribution in [2.75, 3.05) is 57.9 Å². The van der Waals surface area contributed by atoms with Crippen LogP contribution in [0.25, 0.3) is 0 Å². The molecule has 1 heterocycles. The van der Waals surface area contributed by atoms with E-state index < -0.39 is 0 Å². The predicted octanol–water partition coefficient (Wildman–Crippen LogP) is 2.64. The number of methoxy groups -OCH3 is 1. The van der Waals surface area contributed by atoms with E-state index in [9.17, 15) is 0 Å². The number of ether oxygens (including phenoxy) is 2. The van der Waals surface area contributed by atoms with Gasteiger partial charge in [-0.1, -0.05) is 31.5 Å². The molecule has 1 aromatic rings. The first-order valence-corrected chi connectivity index (χ1v) is 8.46. The summed E-state index contributed by atoms with van der Waals surface area (Å²) in [5.74, 6) is 0. The van der Waals surface area contributed by atoms with Crippen molar-refractivity contribution >= 4 is 5.69 Å². The number of anilines is 1. The van der Waals surface area contributed by atoms with Gasteiger partial charge < -0.3 is 14.4 Å². The Kier molecular flexibility index (Phi) is 7.71. The molecule has 0 saturated carbocycles. The Labute approximate surface area is 135 Å². The van der Waals surface area contributed by atoms with E-state index in [1.54, 1.807) is 7.11 Å². The van der Waals surface area contributed by atoms with Crippen LogP contribution in [0.2, 0.25) is 0 Å². The zero-order valence-corrected chi connectivity index (χ0v) is 14.0. The lowest BCUT2D eigenvalue weighted by atomic mass is 10.2. The van der Waals surface area contributed by atoms with Gasteiger partial charge in [-0.3, -0.25) is 4.90 Å². The minimum absolute atomic E-state index is 0.194. The number of benzene rings is 1. The van der Waals surface area contributed by atoms with E-state index in [2.05, 4.69) is 47.1 Å². The van der Waals surface area contributed by atoms with Crippen molar-refractivity contribution in [1.82, 2.24) is 4.90 Å². The van der Waals surface area contributed by atoms with Crippen LogP contribution in [0.5, 0.6) is 0 Å². The Bertz CT molecular complexity index is 391. The van der Waals surface area contributed by atoms with Crippen LogP contribution in [0.1, 0.15) is 19.8 Å². The number of para-hydroxylation sites is 1. The SMILES string of the molecule is CCCCO[C@@H](COC)CN1CCN(c2ccccc2)CC1. The van der Waals surface area contributed by atoms with E-state index in [4.69, 9.17) is 9.47 Å². The van der Waals surface area contributed by atoms with E-state index in [-0.39, 0.29) is 6.10 Å². The third-order valence-corrected chi connectivity index (χ3v) is 4.16. The van der Waals surface area contributed by atoms with Gasteiger partial charge in [0, 0.05) is 52.1 Å². The second-order valence-corrected chi connectivity index (χ2v) is 5.92. The first-order chi connectivity index (χ1) is 10.8. The average molecular weight is 306 g/mol. The van der Waals surface area contributed by atoms with Crippen molar-refractivity contribution < 1.29 is 9.47 Å². The first kappa shape index (κ1) is 17.3. The van der Waals surface area contributed by atoms with Crippen LogP contribution in [-0.2, 0) is 9.47 Å².